The van der Waals surface area contributed by atoms with E-state index >= 15 is 0 Å². The van der Waals surface area contributed by atoms with Crippen LogP contribution in [0.2, 0.25) is 0 Å². The molecule has 0 saturated heterocycles. The van der Waals surface area contributed by atoms with E-state index in [9.17, 15) is 9.59 Å². The van der Waals surface area contributed by atoms with Crippen LogP contribution in [0.5, 0.6) is 0 Å². The number of amides is 2. The number of hydrogen-bond donors (Lipinski definition) is 0. The molecule has 1 aromatic carbocycles. The van der Waals surface area contributed by atoms with Gasteiger partial charge in [0.1, 0.15) is 0 Å². The first-order valence-corrected chi connectivity index (χ1v) is 7.54. The van der Waals surface area contributed by atoms with Crippen LogP contribution in [0.4, 0.5) is 0 Å². The largest absolute Gasteiger partial charge is 0.379 e. The van der Waals surface area contributed by atoms with Crippen molar-refractivity contribution < 1.29 is 14.3 Å². The Morgan fingerprint density at radius 1 is 1.05 bits per heavy atom. The van der Waals surface area contributed by atoms with Crippen LogP contribution in [0, 0.1) is 0 Å². The van der Waals surface area contributed by atoms with Crippen LogP contribution in [-0.2, 0) is 4.74 Å². The first kappa shape index (κ1) is 15.7. The molecule has 0 radical (unpaired) electrons. The van der Waals surface area contributed by atoms with Crippen LogP contribution < -0.4 is 0 Å². The number of ether oxygens (including phenoxy) is 1. The Balaban J connectivity index is 2.04. The quantitative estimate of drug-likeness (QED) is 0.571. The third-order valence-electron chi connectivity index (χ3n) is 3.75. The van der Waals surface area contributed by atoms with E-state index < -0.39 is 5.54 Å². The van der Waals surface area contributed by atoms with E-state index in [2.05, 4.69) is 6.92 Å². The third kappa shape index (κ3) is 3.16. The standard InChI is InChI=1S/C17H23NO3/c1-4-5-8-11-21-12-17(2,3)18-15(19)13-9-6-7-10-14(13)16(18)20/h6-7,9-10H,4-5,8,11-12H2,1-3H3. The van der Waals surface area contributed by atoms with Gasteiger partial charge in [0.2, 0.25) is 0 Å². The van der Waals surface area contributed by atoms with Crippen molar-refractivity contribution in [3.63, 3.8) is 0 Å². The van der Waals surface area contributed by atoms with E-state index in [4.69, 9.17) is 4.74 Å². The fraction of sp³-hybridized carbons (Fsp3) is 0.529. The summed E-state index contributed by atoms with van der Waals surface area (Å²) < 4.78 is 5.66. The molecule has 1 aliphatic rings. The Labute approximate surface area is 126 Å². The fourth-order valence-corrected chi connectivity index (χ4v) is 2.58. The van der Waals surface area contributed by atoms with Crippen LogP contribution in [0.15, 0.2) is 24.3 Å². The summed E-state index contributed by atoms with van der Waals surface area (Å²) in [5.41, 5.74) is 0.336. The molecule has 0 unspecified atom stereocenters. The highest BCUT2D eigenvalue weighted by Gasteiger charge is 2.43. The molecule has 1 heterocycles. The van der Waals surface area contributed by atoms with Gasteiger partial charge >= 0.3 is 0 Å². The molecule has 2 amide bonds. The van der Waals surface area contributed by atoms with Crippen molar-refractivity contribution in [3.05, 3.63) is 35.4 Å². The Bertz CT molecular complexity index is 502. The number of hydrogen-bond acceptors (Lipinski definition) is 3. The van der Waals surface area contributed by atoms with Crippen molar-refractivity contribution in [2.45, 2.75) is 45.6 Å². The highest BCUT2D eigenvalue weighted by molar-refractivity contribution is 6.21. The minimum atomic E-state index is -0.639. The van der Waals surface area contributed by atoms with Crippen LogP contribution in [0.1, 0.15) is 60.7 Å². The third-order valence-corrected chi connectivity index (χ3v) is 3.75. The van der Waals surface area contributed by atoms with Crippen molar-refractivity contribution >= 4 is 11.8 Å². The monoisotopic (exact) mass is 289 g/mol. The lowest BCUT2D eigenvalue weighted by molar-refractivity contribution is 0.0155. The molecule has 0 spiro atoms. The zero-order chi connectivity index (χ0) is 15.5. The summed E-state index contributed by atoms with van der Waals surface area (Å²) in [6, 6.07) is 6.96. The van der Waals surface area contributed by atoms with E-state index in [0.29, 0.717) is 24.3 Å². The average Bonchev–Trinajstić information content (AvgIpc) is 2.72. The van der Waals surface area contributed by atoms with E-state index in [-0.39, 0.29) is 11.8 Å². The lowest BCUT2D eigenvalue weighted by Gasteiger charge is -2.33. The number of nitrogens with zero attached hydrogens (tertiary/aromatic N) is 1. The molecule has 4 nitrogen and oxygen atoms in total. The molecule has 0 saturated carbocycles. The highest BCUT2D eigenvalue weighted by Crippen LogP contribution is 2.29. The van der Waals surface area contributed by atoms with Gasteiger partial charge in [-0.3, -0.25) is 14.5 Å². The molecule has 1 aliphatic heterocycles. The number of carbonyl (C=O) groups excluding carboxylic acids is 2. The summed E-state index contributed by atoms with van der Waals surface area (Å²) in [6.07, 6.45) is 3.29. The SMILES string of the molecule is CCCCCOCC(C)(C)N1C(=O)c2ccccc2C1=O. The van der Waals surface area contributed by atoms with Crippen molar-refractivity contribution in [3.8, 4) is 0 Å². The minimum absolute atomic E-state index is 0.224. The van der Waals surface area contributed by atoms with Crippen LogP contribution >= 0.6 is 0 Å². The second-order valence-electron chi connectivity index (χ2n) is 6.06. The molecule has 1 aromatic rings. The Hall–Kier alpha value is -1.68. The minimum Gasteiger partial charge on any atom is -0.379 e. The maximum Gasteiger partial charge on any atom is 0.262 e. The summed E-state index contributed by atoms with van der Waals surface area (Å²) in [5, 5.41) is 0. The number of unbranched alkanes of at least 4 members (excludes halogenated alkanes) is 2. The summed E-state index contributed by atoms with van der Waals surface area (Å²) in [7, 11) is 0. The molecule has 21 heavy (non-hydrogen) atoms. The number of imide groups is 1. The maximum absolute atomic E-state index is 12.4. The summed E-state index contributed by atoms with van der Waals surface area (Å²) in [5.74, 6) is -0.449. The molecule has 0 bridgehead atoms. The molecule has 0 aliphatic carbocycles. The van der Waals surface area contributed by atoms with Gasteiger partial charge in [-0.2, -0.15) is 0 Å². The van der Waals surface area contributed by atoms with Gasteiger partial charge in [-0.05, 0) is 32.4 Å². The lowest BCUT2D eigenvalue weighted by atomic mass is 10.0. The first-order valence-electron chi connectivity index (χ1n) is 7.54. The molecule has 0 atom stereocenters. The maximum atomic E-state index is 12.4. The topological polar surface area (TPSA) is 46.6 Å². The molecule has 0 aromatic heterocycles. The summed E-state index contributed by atoms with van der Waals surface area (Å²) >= 11 is 0. The van der Waals surface area contributed by atoms with Gasteiger partial charge in [0.05, 0.1) is 23.3 Å². The van der Waals surface area contributed by atoms with Gasteiger partial charge in [-0.15, -0.1) is 0 Å². The summed E-state index contributed by atoms with van der Waals surface area (Å²) in [4.78, 5) is 26.2. The first-order chi connectivity index (χ1) is 9.99. The smallest absolute Gasteiger partial charge is 0.262 e. The van der Waals surface area contributed by atoms with E-state index in [1.54, 1.807) is 24.3 Å². The Morgan fingerprint density at radius 3 is 2.14 bits per heavy atom. The Morgan fingerprint density at radius 2 is 1.62 bits per heavy atom. The van der Waals surface area contributed by atoms with Gasteiger partial charge in [0.25, 0.3) is 11.8 Å². The van der Waals surface area contributed by atoms with Gasteiger partial charge < -0.3 is 4.74 Å². The Kier molecular flexibility index (Phi) is 4.78. The van der Waals surface area contributed by atoms with Gasteiger partial charge in [-0.25, -0.2) is 0 Å². The van der Waals surface area contributed by atoms with Gasteiger partial charge in [0, 0.05) is 6.61 Å². The van der Waals surface area contributed by atoms with Crippen molar-refractivity contribution in [1.82, 2.24) is 4.90 Å². The van der Waals surface area contributed by atoms with E-state index in [0.717, 1.165) is 19.3 Å². The molecule has 2 rings (SSSR count). The molecular formula is C17H23NO3. The lowest BCUT2D eigenvalue weighted by Crippen LogP contribution is -2.50. The number of carbonyl (C=O) groups is 2. The second-order valence-corrected chi connectivity index (χ2v) is 6.06. The average molecular weight is 289 g/mol. The van der Waals surface area contributed by atoms with E-state index in [1.807, 2.05) is 13.8 Å². The number of rotatable bonds is 7. The summed E-state index contributed by atoms with van der Waals surface area (Å²) in [6.45, 7) is 6.91. The van der Waals surface area contributed by atoms with Gasteiger partial charge in [-0.1, -0.05) is 31.9 Å². The molecular weight excluding hydrogens is 266 g/mol. The second kappa shape index (κ2) is 6.39. The van der Waals surface area contributed by atoms with Gasteiger partial charge in [0.15, 0.2) is 0 Å². The van der Waals surface area contributed by atoms with Crippen molar-refractivity contribution in [2.24, 2.45) is 0 Å². The highest BCUT2D eigenvalue weighted by atomic mass is 16.5. The predicted molar refractivity (Wildman–Crippen MR) is 81.4 cm³/mol. The zero-order valence-electron chi connectivity index (χ0n) is 13.0. The predicted octanol–water partition coefficient (Wildman–Crippen LogP) is 3.27. The van der Waals surface area contributed by atoms with Crippen LogP contribution in [0.3, 0.4) is 0 Å². The molecule has 4 heteroatoms. The van der Waals surface area contributed by atoms with Crippen LogP contribution in [-0.4, -0.2) is 35.5 Å². The molecule has 0 fully saturated rings. The van der Waals surface area contributed by atoms with Crippen molar-refractivity contribution in [2.75, 3.05) is 13.2 Å². The van der Waals surface area contributed by atoms with Crippen molar-refractivity contribution in [1.29, 1.82) is 0 Å². The molecule has 114 valence electrons. The zero-order valence-corrected chi connectivity index (χ0v) is 13.0. The normalized spacial score (nSPS) is 14.7. The molecule has 0 N–H and O–H groups in total. The number of benzene rings is 1. The number of fused-ring (bicyclic) bond motifs is 1. The van der Waals surface area contributed by atoms with E-state index in [1.165, 1.54) is 4.90 Å². The fourth-order valence-electron chi connectivity index (χ4n) is 2.58. The van der Waals surface area contributed by atoms with Crippen LogP contribution in [0.25, 0.3) is 0 Å².